The molecular formula is C22H22N2O5. The third-order valence-electron chi connectivity index (χ3n) is 5.24. The lowest BCUT2D eigenvalue weighted by Crippen LogP contribution is -2.51. The van der Waals surface area contributed by atoms with Gasteiger partial charge in [0, 0.05) is 30.6 Å². The number of amides is 1. The van der Waals surface area contributed by atoms with Gasteiger partial charge in [-0.05, 0) is 43.7 Å². The predicted octanol–water partition coefficient (Wildman–Crippen LogP) is 2.46. The van der Waals surface area contributed by atoms with Gasteiger partial charge in [-0.1, -0.05) is 6.07 Å². The monoisotopic (exact) mass is 394 g/mol. The van der Waals surface area contributed by atoms with Crippen LogP contribution in [0.15, 0.2) is 51.8 Å². The van der Waals surface area contributed by atoms with Crippen molar-refractivity contribution in [1.82, 2.24) is 9.88 Å². The fraction of sp³-hybridized carbons (Fsp3) is 0.318. The number of fused-ring (bicyclic) bond motifs is 1. The molecule has 2 aromatic heterocycles. The summed E-state index contributed by atoms with van der Waals surface area (Å²) in [7, 11) is 0. The lowest BCUT2D eigenvalue weighted by atomic mass is 10.0. The van der Waals surface area contributed by atoms with E-state index >= 15 is 0 Å². The van der Waals surface area contributed by atoms with Gasteiger partial charge in [-0.2, -0.15) is 0 Å². The smallest absolute Gasteiger partial charge is 0.336 e. The maximum atomic E-state index is 12.9. The van der Waals surface area contributed by atoms with Crippen LogP contribution >= 0.6 is 0 Å². The van der Waals surface area contributed by atoms with E-state index in [0.29, 0.717) is 29.8 Å². The van der Waals surface area contributed by atoms with Crippen molar-refractivity contribution in [3.63, 3.8) is 0 Å². The summed E-state index contributed by atoms with van der Waals surface area (Å²) >= 11 is 0. The van der Waals surface area contributed by atoms with Gasteiger partial charge in [0.25, 0.3) is 5.91 Å². The van der Waals surface area contributed by atoms with Gasteiger partial charge in [-0.15, -0.1) is 0 Å². The van der Waals surface area contributed by atoms with Crippen LogP contribution in [0.25, 0.3) is 10.9 Å². The summed E-state index contributed by atoms with van der Waals surface area (Å²) in [4.78, 5) is 30.3. The zero-order valence-electron chi connectivity index (χ0n) is 16.3. The number of aryl methyl sites for hydroxylation is 2. The fourth-order valence-corrected chi connectivity index (χ4v) is 3.81. The van der Waals surface area contributed by atoms with E-state index in [4.69, 9.17) is 9.15 Å². The zero-order chi connectivity index (χ0) is 20.5. The quantitative estimate of drug-likeness (QED) is 0.734. The Morgan fingerprint density at radius 2 is 2.10 bits per heavy atom. The Hall–Kier alpha value is -3.19. The van der Waals surface area contributed by atoms with E-state index in [1.165, 1.54) is 6.07 Å². The highest BCUT2D eigenvalue weighted by Gasteiger charge is 2.33. The number of ether oxygens (including phenoxy) is 1. The number of pyridine rings is 1. The van der Waals surface area contributed by atoms with Gasteiger partial charge >= 0.3 is 5.63 Å². The van der Waals surface area contributed by atoms with Gasteiger partial charge in [0.15, 0.2) is 0 Å². The highest BCUT2D eigenvalue weighted by Crippen LogP contribution is 2.27. The lowest BCUT2D eigenvalue weighted by Gasteiger charge is -2.36. The lowest BCUT2D eigenvalue weighted by molar-refractivity contribution is -0.0194. The third-order valence-corrected chi connectivity index (χ3v) is 5.24. The molecule has 0 radical (unpaired) electrons. The second kappa shape index (κ2) is 7.67. The molecule has 1 saturated heterocycles. The van der Waals surface area contributed by atoms with Crippen LogP contribution in [0.2, 0.25) is 0 Å². The molecule has 1 aliphatic heterocycles. The highest BCUT2D eigenvalue weighted by atomic mass is 16.5. The van der Waals surface area contributed by atoms with E-state index < -0.39 is 17.8 Å². The molecule has 7 nitrogen and oxygen atoms in total. The third kappa shape index (κ3) is 3.73. The Morgan fingerprint density at radius 3 is 2.86 bits per heavy atom. The van der Waals surface area contributed by atoms with Gasteiger partial charge in [0.2, 0.25) is 0 Å². The molecule has 4 rings (SSSR count). The van der Waals surface area contributed by atoms with Crippen LogP contribution < -0.4 is 10.4 Å². The number of carbonyl (C=O) groups excluding carboxylic acids is 1. The number of aliphatic hydroxyl groups excluding tert-OH is 1. The second-order valence-corrected chi connectivity index (χ2v) is 7.27. The number of rotatable bonds is 3. The molecule has 0 spiro atoms. The Morgan fingerprint density at radius 1 is 1.28 bits per heavy atom. The molecular weight excluding hydrogens is 372 g/mol. The Labute approximate surface area is 167 Å². The van der Waals surface area contributed by atoms with Gasteiger partial charge < -0.3 is 19.2 Å². The number of likely N-dealkylation sites (tertiary alicyclic amines) is 1. The van der Waals surface area contributed by atoms with Crippen molar-refractivity contribution in [1.29, 1.82) is 0 Å². The number of piperidine rings is 1. The summed E-state index contributed by atoms with van der Waals surface area (Å²) in [6, 6.07) is 10.7. The van der Waals surface area contributed by atoms with E-state index in [0.717, 1.165) is 10.9 Å². The maximum absolute atomic E-state index is 12.9. The SMILES string of the molecule is Cc1cc(=O)oc(C)c1C(=O)N1CC[C@@H](Oc2cccc3ncccc23)[C@H](O)C1. The summed E-state index contributed by atoms with van der Waals surface area (Å²) < 4.78 is 11.2. The van der Waals surface area contributed by atoms with Gasteiger partial charge in [-0.3, -0.25) is 9.78 Å². The van der Waals surface area contributed by atoms with Crippen LogP contribution in [0, 0.1) is 13.8 Å². The van der Waals surface area contributed by atoms with E-state index in [-0.39, 0.29) is 18.2 Å². The van der Waals surface area contributed by atoms with Crippen LogP contribution in [0.5, 0.6) is 5.75 Å². The number of aromatic nitrogens is 1. The average molecular weight is 394 g/mol. The summed E-state index contributed by atoms with van der Waals surface area (Å²) in [6.07, 6.45) is 0.941. The van der Waals surface area contributed by atoms with Crippen LogP contribution in [-0.4, -0.2) is 46.2 Å². The van der Waals surface area contributed by atoms with Crippen LogP contribution in [0.1, 0.15) is 28.1 Å². The summed E-state index contributed by atoms with van der Waals surface area (Å²) in [5.41, 5.74) is 1.29. The molecule has 150 valence electrons. The van der Waals surface area contributed by atoms with Crippen molar-refractivity contribution in [3.8, 4) is 5.75 Å². The van der Waals surface area contributed by atoms with Gasteiger partial charge in [0.05, 0.1) is 17.6 Å². The standard InChI is InChI=1S/C22H22N2O5/c1-13-11-20(26)28-14(2)21(13)22(27)24-10-8-19(17(25)12-24)29-18-7-3-6-16-15(18)5-4-9-23-16/h3-7,9,11,17,19,25H,8,10,12H2,1-2H3/t17-,19-/m1/s1. The zero-order valence-corrected chi connectivity index (χ0v) is 16.3. The highest BCUT2D eigenvalue weighted by molar-refractivity contribution is 5.96. The van der Waals surface area contributed by atoms with Crippen molar-refractivity contribution in [2.24, 2.45) is 0 Å². The number of carbonyl (C=O) groups is 1. The first kappa shape index (κ1) is 19.1. The molecule has 3 heterocycles. The Balaban J connectivity index is 1.50. The first-order valence-electron chi connectivity index (χ1n) is 9.53. The number of hydrogen-bond donors (Lipinski definition) is 1. The van der Waals surface area contributed by atoms with E-state index in [1.807, 2.05) is 30.3 Å². The summed E-state index contributed by atoms with van der Waals surface area (Å²) in [5.74, 6) is 0.697. The van der Waals surface area contributed by atoms with E-state index in [9.17, 15) is 14.7 Å². The number of β-amino-alcohol motifs (C(OH)–C–C–N with tert-alkyl or cyclic N) is 1. The first-order chi connectivity index (χ1) is 13.9. The second-order valence-electron chi connectivity index (χ2n) is 7.27. The minimum atomic E-state index is -0.837. The molecule has 1 amide bonds. The van der Waals surface area contributed by atoms with E-state index in [2.05, 4.69) is 4.98 Å². The van der Waals surface area contributed by atoms with Crippen molar-refractivity contribution < 1.29 is 19.1 Å². The molecule has 0 saturated carbocycles. The number of hydrogen-bond acceptors (Lipinski definition) is 6. The molecule has 2 atom stereocenters. The maximum Gasteiger partial charge on any atom is 0.336 e. The van der Waals surface area contributed by atoms with Crippen molar-refractivity contribution in [2.45, 2.75) is 32.5 Å². The Kier molecular flexibility index (Phi) is 5.07. The minimum Gasteiger partial charge on any atom is -0.487 e. The van der Waals surface area contributed by atoms with Crippen molar-refractivity contribution in [2.75, 3.05) is 13.1 Å². The number of nitrogens with zero attached hydrogens (tertiary/aromatic N) is 2. The molecule has 1 N–H and O–H groups in total. The van der Waals surface area contributed by atoms with Crippen LogP contribution in [0.3, 0.4) is 0 Å². The van der Waals surface area contributed by atoms with Crippen molar-refractivity contribution >= 4 is 16.8 Å². The van der Waals surface area contributed by atoms with Crippen LogP contribution in [0.4, 0.5) is 0 Å². The molecule has 0 aliphatic carbocycles. The van der Waals surface area contributed by atoms with Crippen LogP contribution in [-0.2, 0) is 0 Å². The number of aliphatic hydroxyl groups is 1. The Bertz CT molecular complexity index is 1090. The van der Waals surface area contributed by atoms with Crippen molar-refractivity contribution in [3.05, 3.63) is 69.9 Å². The molecule has 3 aromatic rings. The topological polar surface area (TPSA) is 92.9 Å². The van der Waals surface area contributed by atoms with E-state index in [1.54, 1.807) is 24.9 Å². The summed E-state index contributed by atoms with van der Waals surface area (Å²) in [5, 5.41) is 11.5. The normalized spacial score (nSPS) is 19.3. The average Bonchev–Trinajstić information content (AvgIpc) is 2.69. The molecule has 7 heteroatoms. The molecule has 0 unspecified atom stereocenters. The molecule has 29 heavy (non-hydrogen) atoms. The summed E-state index contributed by atoms with van der Waals surface area (Å²) in [6.45, 7) is 3.88. The molecule has 1 fully saturated rings. The molecule has 0 bridgehead atoms. The van der Waals surface area contributed by atoms with Gasteiger partial charge in [-0.25, -0.2) is 4.79 Å². The minimum absolute atomic E-state index is 0.143. The first-order valence-corrected chi connectivity index (χ1v) is 9.53. The fourth-order valence-electron chi connectivity index (χ4n) is 3.81. The molecule has 1 aliphatic rings. The molecule has 1 aromatic carbocycles. The van der Waals surface area contributed by atoms with Gasteiger partial charge in [0.1, 0.15) is 23.7 Å². The largest absolute Gasteiger partial charge is 0.487 e. The predicted molar refractivity (Wildman–Crippen MR) is 107 cm³/mol. The number of benzene rings is 1.